The molecule has 2 unspecified atom stereocenters. The van der Waals surface area contributed by atoms with E-state index < -0.39 is 0 Å². The lowest BCUT2D eigenvalue weighted by molar-refractivity contribution is 0.236. The van der Waals surface area contributed by atoms with Crippen LogP contribution in [0.5, 0.6) is 0 Å². The van der Waals surface area contributed by atoms with E-state index in [1.807, 2.05) is 18.2 Å². The van der Waals surface area contributed by atoms with Crippen molar-refractivity contribution >= 4 is 11.6 Å². The van der Waals surface area contributed by atoms with E-state index in [-0.39, 0.29) is 0 Å². The molecule has 2 rings (SSSR count). The molecule has 0 spiro atoms. The van der Waals surface area contributed by atoms with Crippen LogP contribution < -0.4 is 5.73 Å². The van der Waals surface area contributed by atoms with Gasteiger partial charge in [-0.2, -0.15) is 0 Å². The molecular weight excluding hydrogens is 220 g/mol. The van der Waals surface area contributed by atoms with E-state index in [0.717, 1.165) is 24.4 Å². The topological polar surface area (TPSA) is 29.3 Å². The minimum atomic E-state index is 0.388. The van der Waals surface area contributed by atoms with Gasteiger partial charge in [-0.25, -0.2) is 0 Å². The fourth-order valence-corrected chi connectivity index (χ4v) is 2.61. The highest BCUT2D eigenvalue weighted by molar-refractivity contribution is 6.31. The molecule has 0 aromatic heterocycles. The average molecular weight is 239 g/mol. The number of halogens is 1. The lowest BCUT2D eigenvalue weighted by Gasteiger charge is -2.24. The Hall–Kier alpha value is -0.570. The Morgan fingerprint density at radius 2 is 2.12 bits per heavy atom. The van der Waals surface area contributed by atoms with E-state index in [9.17, 15) is 0 Å². The highest BCUT2D eigenvalue weighted by Gasteiger charge is 2.25. The summed E-state index contributed by atoms with van der Waals surface area (Å²) < 4.78 is 0. The maximum Gasteiger partial charge on any atom is 0.0451 e. The van der Waals surface area contributed by atoms with Crippen molar-refractivity contribution in [2.75, 3.05) is 7.05 Å². The van der Waals surface area contributed by atoms with Gasteiger partial charge in [0, 0.05) is 23.7 Å². The van der Waals surface area contributed by atoms with Gasteiger partial charge in [-0.1, -0.05) is 29.8 Å². The Bertz CT molecular complexity index is 354. The van der Waals surface area contributed by atoms with Crippen molar-refractivity contribution in [3.63, 3.8) is 0 Å². The smallest absolute Gasteiger partial charge is 0.0451 e. The van der Waals surface area contributed by atoms with Crippen LogP contribution in [0.1, 0.15) is 24.8 Å². The zero-order valence-electron chi connectivity index (χ0n) is 9.70. The molecule has 16 heavy (non-hydrogen) atoms. The minimum Gasteiger partial charge on any atom is -0.328 e. The van der Waals surface area contributed by atoms with Crippen LogP contribution in [0.15, 0.2) is 24.3 Å². The molecule has 0 bridgehead atoms. The molecule has 1 saturated carbocycles. The van der Waals surface area contributed by atoms with E-state index in [1.165, 1.54) is 12.0 Å². The Balaban J connectivity index is 1.97. The first-order chi connectivity index (χ1) is 7.66. The summed E-state index contributed by atoms with van der Waals surface area (Å²) in [6.45, 7) is 0.914. The largest absolute Gasteiger partial charge is 0.328 e. The van der Waals surface area contributed by atoms with Crippen LogP contribution >= 0.6 is 11.6 Å². The summed E-state index contributed by atoms with van der Waals surface area (Å²) in [4.78, 5) is 2.37. The standard InChI is InChI=1S/C13H19ClN2/c1-16(12-7-6-11(15)8-12)9-10-4-2-3-5-13(10)14/h2-5,11-12H,6-9,15H2,1H3. The van der Waals surface area contributed by atoms with Crippen molar-refractivity contribution in [2.24, 2.45) is 5.73 Å². The van der Waals surface area contributed by atoms with E-state index >= 15 is 0 Å². The summed E-state index contributed by atoms with van der Waals surface area (Å²) in [5.74, 6) is 0. The van der Waals surface area contributed by atoms with Gasteiger partial charge in [0.2, 0.25) is 0 Å². The summed E-state index contributed by atoms with van der Waals surface area (Å²) in [7, 11) is 2.16. The SMILES string of the molecule is CN(Cc1ccccc1Cl)C1CCC(N)C1. The van der Waals surface area contributed by atoms with Crippen molar-refractivity contribution in [3.05, 3.63) is 34.9 Å². The zero-order chi connectivity index (χ0) is 11.5. The molecule has 1 aliphatic rings. The monoisotopic (exact) mass is 238 g/mol. The van der Waals surface area contributed by atoms with E-state index in [0.29, 0.717) is 12.1 Å². The van der Waals surface area contributed by atoms with Crippen LogP contribution in [-0.4, -0.2) is 24.0 Å². The second kappa shape index (κ2) is 5.17. The number of nitrogens with two attached hydrogens (primary N) is 1. The molecule has 3 heteroatoms. The summed E-state index contributed by atoms with van der Waals surface area (Å²) in [6.07, 6.45) is 3.47. The third-order valence-corrected chi connectivity index (χ3v) is 3.82. The number of rotatable bonds is 3. The second-order valence-corrected chi connectivity index (χ2v) is 5.14. The van der Waals surface area contributed by atoms with E-state index in [2.05, 4.69) is 18.0 Å². The molecule has 1 fully saturated rings. The number of hydrogen-bond donors (Lipinski definition) is 1. The van der Waals surface area contributed by atoms with Crippen molar-refractivity contribution in [2.45, 2.75) is 37.9 Å². The van der Waals surface area contributed by atoms with Gasteiger partial charge in [-0.3, -0.25) is 4.90 Å². The van der Waals surface area contributed by atoms with Gasteiger partial charge in [-0.05, 0) is 37.9 Å². The normalized spacial score (nSPS) is 25.2. The van der Waals surface area contributed by atoms with Crippen LogP contribution in [-0.2, 0) is 6.54 Å². The Morgan fingerprint density at radius 1 is 1.38 bits per heavy atom. The summed E-state index contributed by atoms with van der Waals surface area (Å²) in [5, 5.41) is 0.858. The molecule has 1 aromatic carbocycles. The first-order valence-electron chi connectivity index (χ1n) is 5.86. The molecular formula is C13H19ClN2. The lowest BCUT2D eigenvalue weighted by Crippen LogP contribution is -2.30. The molecule has 0 saturated heterocycles. The third kappa shape index (κ3) is 2.76. The minimum absolute atomic E-state index is 0.388. The predicted molar refractivity (Wildman–Crippen MR) is 68.5 cm³/mol. The number of hydrogen-bond acceptors (Lipinski definition) is 2. The number of nitrogens with zero attached hydrogens (tertiary/aromatic N) is 1. The molecule has 0 amide bonds. The summed E-state index contributed by atoms with van der Waals surface area (Å²) in [5.41, 5.74) is 7.13. The van der Waals surface area contributed by atoms with Crippen molar-refractivity contribution in [1.82, 2.24) is 4.90 Å². The van der Waals surface area contributed by atoms with Crippen LogP contribution in [0.2, 0.25) is 5.02 Å². The van der Waals surface area contributed by atoms with Gasteiger partial charge < -0.3 is 5.73 Å². The first-order valence-corrected chi connectivity index (χ1v) is 6.24. The average Bonchev–Trinajstić information content (AvgIpc) is 2.68. The van der Waals surface area contributed by atoms with E-state index in [1.54, 1.807) is 0 Å². The second-order valence-electron chi connectivity index (χ2n) is 4.73. The number of benzene rings is 1. The summed E-state index contributed by atoms with van der Waals surface area (Å²) >= 11 is 6.15. The molecule has 2 nitrogen and oxygen atoms in total. The molecule has 2 atom stereocenters. The molecule has 0 heterocycles. The van der Waals surface area contributed by atoms with Crippen LogP contribution in [0, 0.1) is 0 Å². The zero-order valence-corrected chi connectivity index (χ0v) is 10.5. The highest BCUT2D eigenvalue weighted by atomic mass is 35.5. The van der Waals surface area contributed by atoms with Gasteiger partial charge in [0.25, 0.3) is 0 Å². The lowest BCUT2D eigenvalue weighted by atomic mass is 10.1. The van der Waals surface area contributed by atoms with Crippen molar-refractivity contribution < 1.29 is 0 Å². The summed E-state index contributed by atoms with van der Waals surface area (Å²) in [6, 6.07) is 9.05. The Morgan fingerprint density at radius 3 is 2.75 bits per heavy atom. The predicted octanol–water partition coefficient (Wildman–Crippen LogP) is 2.65. The van der Waals surface area contributed by atoms with Crippen molar-refractivity contribution in [3.8, 4) is 0 Å². The molecule has 0 aliphatic heterocycles. The van der Waals surface area contributed by atoms with Gasteiger partial charge in [0.05, 0.1) is 0 Å². The maximum atomic E-state index is 6.15. The van der Waals surface area contributed by atoms with Crippen LogP contribution in [0.25, 0.3) is 0 Å². The van der Waals surface area contributed by atoms with Gasteiger partial charge >= 0.3 is 0 Å². The van der Waals surface area contributed by atoms with Crippen LogP contribution in [0.3, 0.4) is 0 Å². The van der Waals surface area contributed by atoms with Crippen LogP contribution in [0.4, 0.5) is 0 Å². The Labute approximate surface area is 102 Å². The highest BCUT2D eigenvalue weighted by Crippen LogP contribution is 2.24. The van der Waals surface area contributed by atoms with Crippen molar-refractivity contribution in [1.29, 1.82) is 0 Å². The van der Waals surface area contributed by atoms with Gasteiger partial charge in [-0.15, -0.1) is 0 Å². The molecule has 88 valence electrons. The van der Waals surface area contributed by atoms with E-state index in [4.69, 9.17) is 17.3 Å². The van der Waals surface area contributed by atoms with Gasteiger partial charge in [0.1, 0.15) is 0 Å². The molecule has 1 aromatic rings. The molecule has 2 N–H and O–H groups in total. The molecule has 1 aliphatic carbocycles. The fraction of sp³-hybridized carbons (Fsp3) is 0.538. The molecule has 0 radical (unpaired) electrons. The Kier molecular flexibility index (Phi) is 3.85. The fourth-order valence-electron chi connectivity index (χ4n) is 2.42. The quantitative estimate of drug-likeness (QED) is 0.877. The first kappa shape index (κ1) is 11.9. The maximum absolute atomic E-state index is 6.15. The van der Waals surface area contributed by atoms with Gasteiger partial charge in [0.15, 0.2) is 0 Å². The third-order valence-electron chi connectivity index (χ3n) is 3.45.